The normalized spacial score (nSPS) is 11.2. The Kier molecular flexibility index (Phi) is 4.93. The highest BCUT2D eigenvalue weighted by atomic mass is 35.5. The van der Waals surface area contributed by atoms with Gasteiger partial charge in [-0.2, -0.15) is 19.9 Å². The highest BCUT2D eigenvalue weighted by molar-refractivity contribution is 6.28. The minimum Gasteiger partial charge on any atom is -0.424 e. The lowest BCUT2D eigenvalue weighted by Crippen LogP contribution is -1.88. The number of rotatable bonds is 0. The standard InChI is InChI=1S/C22H10Cl2N6O4/c23-17-25-19-29-21(27-17)33-15-6-4-11-5-7-16(9-12(11)8-15)34-22-28-18(24)26-20(30-22)32-14-3-1-2-13(10-14)31-19/h1-10H. The minimum absolute atomic E-state index is 0.0301. The summed E-state index contributed by atoms with van der Waals surface area (Å²) >= 11 is 12.1. The van der Waals surface area contributed by atoms with Crippen molar-refractivity contribution in [2.24, 2.45) is 0 Å². The summed E-state index contributed by atoms with van der Waals surface area (Å²) in [7, 11) is 0. The van der Waals surface area contributed by atoms with E-state index in [0.29, 0.717) is 22.3 Å². The van der Waals surface area contributed by atoms with Crippen LogP contribution >= 0.6 is 23.2 Å². The molecule has 6 aromatic rings. The van der Waals surface area contributed by atoms with Crippen molar-refractivity contribution in [2.75, 3.05) is 0 Å². The number of halogens is 2. The SMILES string of the molecule is Clc1nc2nc(n1)oc1ccc3ccc(cc3c1)oc1nc(Cl)nc(n1)oc1cccc(c1)o2. The predicted octanol–water partition coefficient (Wildman–Crippen LogP) is 6.31. The largest absolute Gasteiger partial charge is 0.424 e. The Balaban J connectivity index is 1.78. The van der Waals surface area contributed by atoms with Crippen LogP contribution in [0.4, 0.5) is 0 Å². The third kappa shape index (κ3) is 4.32. The summed E-state index contributed by atoms with van der Waals surface area (Å²) in [6.07, 6.45) is 0. The maximum atomic E-state index is 6.06. The first kappa shape index (κ1) is 20.3. The van der Waals surface area contributed by atoms with E-state index in [1.54, 1.807) is 48.5 Å². The lowest BCUT2D eigenvalue weighted by molar-refractivity contribution is 0.584. The van der Waals surface area contributed by atoms with Gasteiger partial charge in [0, 0.05) is 6.07 Å². The Morgan fingerprint density at radius 2 is 0.853 bits per heavy atom. The van der Waals surface area contributed by atoms with Crippen LogP contribution in [-0.2, 0) is 0 Å². The Morgan fingerprint density at radius 3 is 1.29 bits per heavy atom. The first-order valence-electron chi connectivity index (χ1n) is 9.74. The Morgan fingerprint density at radius 1 is 0.441 bits per heavy atom. The Labute approximate surface area is 198 Å². The van der Waals surface area contributed by atoms with Crippen LogP contribution in [0.15, 0.2) is 78.3 Å². The third-order valence-corrected chi connectivity index (χ3v) is 4.90. The van der Waals surface area contributed by atoms with Gasteiger partial charge in [0.2, 0.25) is 10.6 Å². The lowest BCUT2D eigenvalue weighted by Gasteiger charge is -1.98. The van der Waals surface area contributed by atoms with E-state index < -0.39 is 0 Å². The summed E-state index contributed by atoms with van der Waals surface area (Å²) < 4.78 is 23.1. The smallest absolute Gasteiger partial charge is 0.329 e. The summed E-state index contributed by atoms with van der Waals surface area (Å²) in [6, 6.07) is 17.5. The molecule has 9 bridgehead atoms. The third-order valence-electron chi connectivity index (χ3n) is 4.56. The predicted molar refractivity (Wildman–Crippen MR) is 124 cm³/mol. The molecule has 10 nitrogen and oxygen atoms in total. The second-order valence-electron chi connectivity index (χ2n) is 6.89. The number of benzene rings is 3. The van der Waals surface area contributed by atoms with Gasteiger partial charge >= 0.3 is 23.4 Å². The molecule has 3 aromatic heterocycles. The van der Waals surface area contributed by atoms with Crippen LogP contribution in [0.2, 0.25) is 10.6 Å². The van der Waals surface area contributed by atoms with Crippen molar-refractivity contribution in [1.82, 2.24) is 29.9 Å². The van der Waals surface area contributed by atoms with E-state index in [4.69, 9.17) is 40.9 Å². The zero-order valence-corrected chi connectivity index (χ0v) is 18.4. The van der Waals surface area contributed by atoms with Crippen LogP contribution in [0, 0.1) is 0 Å². The molecule has 0 spiro atoms. The topological polar surface area (TPSA) is 130 Å². The van der Waals surface area contributed by atoms with Crippen molar-refractivity contribution < 1.29 is 17.7 Å². The van der Waals surface area contributed by atoms with E-state index in [2.05, 4.69) is 29.9 Å². The molecule has 12 heteroatoms. The summed E-state index contributed by atoms with van der Waals surface area (Å²) in [5.41, 5.74) is 1.67. The van der Waals surface area contributed by atoms with E-state index in [1.165, 1.54) is 0 Å². The van der Waals surface area contributed by atoms with E-state index in [1.807, 2.05) is 12.1 Å². The van der Waals surface area contributed by atoms with Crippen LogP contribution < -0.4 is 0 Å². The molecule has 3 aromatic carbocycles. The Bertz CT molecular complexity index is 1740. The molecular weight excluding hydrogens is 483 g/mol. The number of hydrogen-bond donors (Lipinski definition) is 0. The maximum Gasteiger partial charge on any atom is 0.329 e. The van der Waals surface area contributed by atoms with E-state index in [9.17, 15) is 0 Å². The molecule has 34 heavy (non-hydrogen) atoms. The molecule has 0 N–H and O–H groups in total. The van der Waals surface area contributed by atoms with Gasteiger partial charge in [-0.1, -0.05) is 18.2 Å². The number of hydrogen-bond acceptors (Lipinski definition) is 10. The van der Waals surface area contributed by atoms with Gasteiger partial charge in [-0.25, -0.2) is 0 Å². The van der Waals surface area contributed by atoms with E-state index in [-0.39, 0.29) is 33.9 Å². The van der Waals surface area contributed by atoms with Gasteiger partial charge in [0.25, 0.3) is 0 Å². The first-order chi connectivity index (χ1) is 16.6. The molecule has 0 saturated carbocycles. The molecule has 0 unspecified atom stereocenters. The zero-order valence-electron chi connectivity index (χ0n) is 16.8. The second-order valence-corrected chi connectivity index (χ2v) is 7.57. The molecular formula is C22H10Cl2N6O4. The molecule has 6 rings (SSSR count). The summed E-state index contributed by atoms with van der Waals surface area (Å²) in [4.78, 5) is 24.4. The average molecular weight is 493 g/mol. The molecule has 0 aliphatic rings. The fourth-order valence-electron chi connectivity index (χ4n) is 3.16. The molecule has 0 aliphatic carbocycles. The van der Waals surface area contributed by atoms with Crippen LogP contribution in [0.5, 0.6) is 0 Å². The second kappa shape index (κ2) is 8.25. The molecule has 3 heterocycles. The first-order valence-corrected chi connectivity index (χ1v) is 10.5. The van der Waals surface area contributed by atoms with Gasteiger partial charge in [0.05, 0.1) is 0 Å². The van der Waals surface area contributed by atoms with E-state index >= 15 is 0 Å². The van der Waals surface area contributed by atoms with Crippen LogP contribution in [0.25, 0.3) is 56.5 Å². The monoisotopic (exact) mass is 492 g/mol. The van der Waals surface area contributed by atoms with Crippen molar-refractivity contribution in [3.05, 3.63) is 71.2 Å². The van der Waals surface area contributed by atoms with Crippen molar-refractivity contribution in [3.63, 3.8) is 0 Å². The zero-order chi connectivity index (χ0) is 23.1. The van der Waals surface area contributed by atoms with Crippen LogP contribution in [0.3, 0.4) is 0 Å². The minimum atomic E-state index is -0.0920. The lowest BCUT2D eigenvalue weighted by atomic mass is 10.1. The van der Waals surface area contributed by atoms with Crippen LogP contribution in [-0.4, -0.2) is 29.9 Å². The fourth-order valence-corrected chi connectivity index (χ4v) is 3.45. The molecule has 0 atom stereocenters. The van der Waals surface area contributed by atoms with Crippen LogP contribution in [0.1, 0.15) is 0 Å². The summed E-state index contributed by atoms with van der Waals surface area (Å²) in [5.74, 6) is -0.180. The summed E-state index contributed by atoms with van der Waals surface area (Å²) in [6.45, 7) is 0. The number of aromatic nitrogens is 6. The number of nitrogens with zero attached hydrogens (tertiary/aromatic N) is 6. The van der Waals surface area contributed by atoms with Gasteiger partial charge in [0.1, 0.15) is 22.3 Å². The van der Waals surface area contributed by atoms with Crippen molar-refractivity contribution >= 4 is 79.7 Å². The highest BCUT2D eigenvalue weighted by Crippen LogP contribution is 2.20. The number of fused-ring (bicyclic) bond motifs is 8. The van der Waals surface area contributed by atoms with Crippen molar-refractivity contribution in [1.29, 1.82) is 0 Å². The maximum absolute atomic E-state index is 6.06. The van der Waals surface area contributed by atoms with Crippen molar-refractivity contribution in [2.45, 2.75) is 0 Å². The fraction of sp³-hybridized carbons (Fsp3) is 0. The van der Waals surface area contributed by atoms with Gasteiger partial charge in [-0.05, 0) is 70.4 Å². The van der Waals surface area contributed by atoms with Gasteiger partial charge in [-0.15, -0.1) is 9.97 Å². The Hall–Kier alpha value is -4.28. The quantitative estimate of drug-likeness (QED) is 0.237. The molecule has 0 amide bonds. The van der Waals surface area contributed by atoms with Gasteiger partial charge < -0.3 is 17.7 Å². The average Bonchev–Trinajstić information content (AvgIpc) is 2.78. The molecule has 0 saturated heterocycles. The molecule has 0 radical (unpaired) electrons. The highest BCUT2D eigenvalue weighted by Gasteiger charge is 2.03. The molecule has 0 aliphatic heterocycles. The van der Waals surface area contributed by atoms with Gasteiger partial charge in [-0.3, -0.25) is 0 Å². The van der Waals surface area contributed by atoms with Crippen molar-refractivity contribution in [3.8, 4) is 0 Å². The molecule has 166 valence electrons. The summed E-state index contributed by atoms with van der Waals surface area (Å²) in [5, 5.41) is 1.58. The van der Waals surface area contributed by atoms with E-state index in [0.717, 1.165) is 10.8 Å². The van der Waals surface area contributed by atoms with Gasteiger partial charge in [0.15, 0.2) is 0 Å². The molecule has 0 fully saturated rings.